The Morgan fingerprint density at radius 1 is 1.14 bits per heavy atom. The fourth-order valence-electron chi connectivity index (χ4n) is 3.47. The highest BCUT2D eigenvalue weighted by Crippen LogP contribution is 2.25. The second-order valence-corrected chi connectivity index (χ2v) is 6.89. The number of amides is 1. The van der Waals surface area contributed by atoms with E-state index in [1.165, 1.54) is 0 Å². The Morgan fingerprint density at radius 2 is 1.96 bits per heavy atom. The topological polar surface area (TPSA) is 83.8 Å². The quantitative estimate of drug-likeness (QED) is 0.534. The van der Waals surface area contributed by atoms with Gasteiger partial charge in [0.05, 0.1) is 29.1 Å². The molecule has 6 heteroatoms. The molecule has 28 heavy (non-hydrogen) atoms. The number of nitrogens with one attached hydrogen (secondary N) is 2. The molecule has 0 aliphatic heterocycles. The smallest absolute Gasteiger partial charge is 0.221 e. The molecular formula is C22H22N4O2. The largest absolute Gasteiger partial charge is 0.361 e. The second kappa shape index (κ2) is 7.68. The number of aryl methyl sites for hydroxylation is 2. The minimum atomic E-state index is -0.230. The maximum Gasteiger partial charge on any atom is 0.221 e. The number of hydrogen-bond acceptors (Lipinski definition) is 4. The third-order valence-electron chi connectivity index (χ3n) is 5.00. The summed E-state index contributed by atoms with van der Waals surface area (Å²) in [5.41, 5.74) is 5.74. The zero-order chi connectivity index (χ0) is 19.5. The molecule has 2 aromatic carbocycles. The van der Waals surface area contributed by atoms with Gasteiger partial charge in [-0.2, -0.15) is 0 Å². The third kappa shape index (κ3) is 3.67. The molecule has 2 aromatic heterocycles. The molecule has 4 rings (SSSR count). The maximum absolute atomic E-state index is 12.7. The van der Waals surface area contributed by atoms with Crippen LogP contribution in [-0.4, -0.2) is 21.0 Å². The van der Waals surface area contributed by atoms with Gasteiger partial charge in [-0.15, -0.1) is 0 Å². The molecule has 0 unspecified atom stereocenters. The number of H-pyrrole nitrogens is 1. The van der Waals surface area contributed by atoms with E-state index in [0.29, 0.717) is 12.8 Å². The second-order valence-electron chi connectivity index (χ2n) is 6.89. The Kier molecular flexibility index (Phi) is 4.93. The molecule has 142 valence electrons. The highest BCUT2D eigenvalue weighted by molar-refractivity contribution is 5.79. The molecule has 4 aromatic rings. The van der Waals surface area contributed by atoms with Crippen molar-refractivity contribution in [3.05, 3.63) is 83.0 Å². The lowest BCUT2D eigenvalue weighted by atomic mass is 9.97. The Morgan fingerprint density at radius 3 is 2.71 bits per heavy atom. The lowest BCUT2D eigenvalue weighted by Gasteiger charge is -2.20. The van der Waals surface area contributed by atoms with Crippen molar-refractivity contribution in [1.29, 1.82) is 0 Å². The summed E-state index contributed by atoms with van der Waals surface area (Å²) in [6.07, 6.45) is 2.65. The summed E-state index contributed by atoms with van der Waals surface area (Å²) in [7, 11) is 0. The van der Waals surface area contributed by atoms with E-state index in [-0.39, 0.29) is 11.9 Å². The monoisotopic (exact) mass is 374 g/mol. The lowest BCUT2D eigenvalue weighted by molar-refractivity contribution is -0.121. The van der Waals surface area contributed by atoms with Crippen LogP contribution in [0, 0.1) is 13.8 Å². The first-order chi connectivity index (χ1) is 13.6. The first-order valence-corrected chi connectivity index (χ1v) is 9.31. The standard InChI is InChI=1S/C22H22N4O2/c1-14-18(15(2)28-26-14)9-11-21(27)25-22(16-6-4-3-5-7-16)17-8-10-19-20(12-17)24-13-23-19/h3-8,10,12-13,22H,9,11H2,1-2H3,(H,23,24)(H,25,27)/t22-/m0/s1. The maximum atomic E-state index is 12.7. The number of benzene rings is 2. The minimum Gasteiger partial charge on any atom is -0.361 e. The summed E-state index contributed by atoms with van der Waals surface area (Å²) < 4.78 is 5.19. The number of imidazole rings is 1. The molecule has 0 aliphatic rings. The third-order valence-corrected chi connectivity index (χ3v) is 5.00. The van der Waals surface area contributed by atoms with E-state index in [2.05, 4.69) is 20.4 Å². The molecule has 1 amide bonds. The first kappa shape index (κ1) is 18.0. The number of fused-ring (bicyclic) bond motifs is 1. The van der Waals surface area contributed by atoms with Crippen molar-refractivity contribution in [2.45, 2.75) is 32.7 Å². The van der Waals surface area contributed by atoms with Crippen LogP contribution in [0.2, 0.25) is 0 Å². The lowest BCUT2D eigenvalue weighted by Crippen LogP contribution is -2.29. The minimum absolute atomic E-state index is 0.0152. The Hall–Kier alpha value is -3.41. The highest BCUT2D eigenvalue weighted by Gasteiger charge is 2.18. The highest BCUT2D eigenvalue weighted by atomic mass is 16.5. The summed E-state index contributed by atoms with van der Waals surface area (Å²) in [6.45, 7) is 3.77. The van der Waals surface area contributed by atoms with Gasteiger partial charge in [0.2, 0.25) is 5.91 Å². The molecule has 0 saturated heterocycles. The summed E-state index contributed by atoms with van der Waals surface area (Å²) in [6, 6.07) is 15.8. The zero-order valence-electron chi connectivity index (χ0n) is 15.9. The average Bonchev–Trinajstić information content (AvgIpc) is 3.31. The van der Waals surface area contributed by atoms with Crippen LogP contribution < -0.4 is 5.32 Å². The van der Waals surface area contributed by atoms with E-state index in [1.54, 1.807) is 6.33 Å². The van der Waals surface area contributed by atoms with Gasteiger partial charge in [0.1, 0.15) is 5.76 Å². The number of carbonyl (C=O) groups excluding carboxylic acids is 1. The predicted octanol–water partition coefficient (Wildman–Crippen LogP) is 4.01. The molecule has 0 fully saturated rings. The van der Waals surface area contributed by atoms with Crippen molar-refractivity contribution >= 4 is 16.9 Å². The van der Waals surface area contributed by atoms with E-state index in [1.807, 2.05) is 62.4 Å². The van der Waals surface area contributed by atoms with Gasteiger partial charge in [-0.25, -0.2) is 4.98 Å². The normalized spacial score (nSPS) is 12.2. The van der Waals surface area contributed by atoms with Crippen LogP contribution >= 0.6 is 0 Å². The van der Waals surface area contributed by atoms with Gasteiger partial charge in [-0.3, -0.25) is 4.79 Å². The van der Waals surface area contributed by atoms with Crippen LogP contribution in [0.1, 0.15) is 40.6 Å². The summed E-state index contributed by atoms with van der Waals surface area (Å²) >= 11 is 0. The van der Waals surface area contributed by atoms with Crippen molar-refractivity contribution in [1.82, 2.24) is 20.4 Å². The van der Waals surface area contributed by atoms with E-state index >= 15 is 0 Å². The molecule has 2 heterocycles. The van der Waals surface area contributed by atoms with Crippen LogP contribution in [0.5, 0.6) is 0 Å². The molecule has 2 N–H and O–H groups in total. The number of carbonyl (C=O) groups is 1. The van der Waals surface area contributed by atoms with Crippen LogP contribution in [0.25, 0.3) is 11.0 Å². The number of hydrogen-bond donors (Lipinski definition) is 2. The number of nitrogens with zero attached hydrogens (tertiary/aromatic N) is 2. The Bertz CT molecular complexity index is 1080. The van der Waals surface area contributed by atoms with Gasteiger partial charge in [0.15, 0.2) is 0 Å². The molecule has 0 saturated carbocycles. The first-order valence-electron chi connectivity index (χ1n) is 9.31. The summed E-state index contributed by atoms with van der Waals surface area (Å²) in [5, 5.41) is 7.14. The number of rotatable bonds is 6. The summed E-state index contributed by atoms with van der Waals surface area (Å²) in [5.74, 6) is 0.758. The number of aromatic amines is 1. The van der Waals surface area contributed by atoms with Gasteiger partial charge in [-0.1, -0.05) is 41.6 Å². The van der Waals surface area contributed by atoms with Crippen molar-refractivity contribution in [3.8, 4) is 0 Å². The van der Waals surface area contributed by atoms with Crippen LogP contribution in [0.3, 0.4) is 0 Å². The van der Waals surface area contributed by atoms with Gasteiger partial charge < -0.3 is 14.8 Å². The molecule has 0 radical (unpaired) electrons. The molecular weight excluding hydrogens is 352 g/mol. The van der Waals surface area contributed by atoms with E-state index < -0.39 is 0 Å². The molecule has 0 aliphatic carbocycles. The molecule has 0 bridgehead atoms. The van der Waals surface area contributed by atoms with E-state index in [4.69, 9.17) is 4.52 Å². The van der Waals surface area contributed by atoms with Gasteiger partial charge >= 0.3 is 0 Å². The van der Waals surface area contributed by atoms with Crippen molar-refractivity contribution < 1.29 is 9.32 Å². The Balaban J connectivity index is 1.56. The fourth-order valence-corrected chi connectivity index (χ4v) is 3.47. The number of aromatic nitrogens is 3. The summed E-state index contributed by atoms with van der Waals surface area (Å²) in [4.78, 5) is 20.2. The fraction of sp³-hybridized carbons (Fsp3) is 0.227. The van der Waals surface area contributed by atoms with E-state index in [9.17, 15) is 4.79 Å². The molecule has 0 spiro atoms. The van der Waals surface area contributed by atoms with E-state index in [0.717, 1.165) is 39.2 Å². The van der Waals surface area contributed by atoms with Crippen molar-refractivity contribution in [2.75, 3.05) is 0 Å². The Labute approximate surface area is 163 Å². The predicted molar refractivity (Wildman–Crippen MR) is 107 cm³/mol. The average molecular weight is 374 g/mol. The van der Waals surface area contributed by atoms with Gasteiger partial charge in [0, 0.05) is 12.0 Å². The van der Waals surface area contributed by atoms with Crippen LogP contribution in [0.4, 0.5) is 0 Å². The zero-order valence-corrected chi connectivity index (χ0v) is 15.9. The van der Waals surface area contributed by atoms with Crippen LogP contribution in [0.15, 0.2) is 59.4 Å². The SMILES string of the molecule is Cc1noc(C)c1CCC(=O)N[C@@H](c1ccccc1)c1ccc2nc[nH]c2c1. The van der Waals surface area contributed by atoms with Gasteiger partial charge in [0.25, 0.3) is 0 Å². The molecule has 1 atom stereocenters. The van der Waals surface area contributed by atoms with Gasteiger partial charge in [-0.05, 0) is 43.5 Å². The van der Waals surface area contributed by atoms with Crippen molar-refractivity contribution in [2.24, 2.45) is 0 Å². The molecule has 6 nitrogen and oxygen atoms in total. The van der Waals surface area contributed by atoms with Crippen LogP contribution in [-0.2, 0) is 11.2 Å². The van der Waals surface area contributed by atoms with Crippen molar-refractivity contribution in [3.63, 3.8) is 0 Å².